The smallest absolute Gasteiger partial charge is 0.338 e. The molecule has 1 amide bonds. The van der Waals surface area contributed by atoms with Crippen molar-refractivity contribution in [1.82, 2.24) is 10.2 Å². The molecule has 0 aliphatic carbocycles. The molecule has 1 aliphatic rings. The Morgan fingerprint density at radius 2 is 1.71 bits per heavy atom. The number of hydrogen-bond donors (Lipinski definition) is 1. The summed E-state index contributed by atoms with van der Waals surface area (Å²) in [6, 6.07) is 24.0. The van der Waals surface area contributed by atoms with Crippen LogP contribution < -0.4 is 9.64 Å². The predicted octanol–water partition coefficient (Wildman–Crippen LogP) is 5.01. The molecule has 7 heteroatoms. The summed E-state index contributed by atoms with van der Waals surface area (Å²) in [7, 11) is 1.62. The number of H-pyrrole nitrogens is 1. The quantitative estimate of drug-likeness (QED) is 0.415. The molecule has 4 aromatic rings. The van der Waals surface area contributed by atoms with Gasteiger partial charge in [-0.15, -0.1) is 0 Å². The second-order valence-corrected chi connectivity index (χ2v) is 7.85. The summed E-state index contributed by atoms with van der Waals surface area (Å²) in [6.07, 6.45) is 0. The Morgan fingerprint density at radius 1 is 1.00 bits per heavy atom. The highest BCUT2D eigenvalue weighted by Crippen LogP contribution is 2.45. The molecule has 170 valence electrons. The number of amides is 1. The standard InChI is InChI=1S/C27H23N3O4/c1-3-34-27(32)19-9-13-20(14-10-19)30-25(18-7-5-4-6-8-18)22-23(28-29-24(22)26(30)31)17-11-15-21(33-2)16-12-17/h4-16,25H,3H2,1-2H3,(H,28,29)/t25-/m0/s1. The Balaban J connectivity index is 1.61. The van der Waals surface area contributed by atoms with Gasteiger partial charge in [0.1, 0.15) is 11.4 Å². The number of ether oxygens (including phenoxy) is 2. The average Bonchev–Trinajstić information content (AvgIpc) is 3.44. The number of anilines is 1. The third-order valence-corrected chi connectivity index (χ3v) is 5.90. The number of carbonyl (C=O) groups excluding carboxylic acids is 2. The molecule has 34 heavy (non-hydrogen) atoms. The Bertz CT molecular complexity index is 1330. The van der Waals surface area contributed by atoms with Crippen LogP contribution in [0.1, 0.15) is 44.9 Å². The Kier molecular flexibility index (Phi) is 5.59. The van der Waals surface area contributed by atoms with Crippen LogP contribution >= 0.6 is 0 Å². The van der Waals surface area contributed by atoms with Crippen molar-refractivity contribution in [3.05, 3.63) is 101 Å². The van der Waals surface area contributed by atoms with Crippen molar-refractivity contribution < 1.29 is 19.1 Å². The highest BCUT2D eigenvalue weighted by Gasteiger charge is 2.43. The Hall–Kier alpha value is -4.39. The monoisotopic (exact) mass is 453 g/mol. The Labute approximate surface area is 196 Å². The minimum Gasteiger partial charge on any atom is -0.497 e. The summed E-state index contributed by atoms with van der Waals surface area (Å²) in [5.74, 6) is 0.174. The van der Waals surface area contributed by atoms with Crippen LogP contribution in [0.15, 0.2) is 78.9 Å². The molecule has 0 saturated heterocycles. The van der Waals surface area contributed by atoms with Crippen LogP contribution in [-0.2, 0) is 4.74 Å². The lowest BCUT2D eigenvalue weighted by atomic mass is 9.96. The summed E-state index contributed by atoms with van der Waals surface area (Å²) < 4.78 is 10.4. The Morgan fingerprint density at radius 3 is 2.35 bits per heavy atom. The molecule has 1 aromatic heterocycles. The van der Waals surface area contributed by atoms with Crippen molar-refractivity contribution in [1.29, 1.82) is 0 Å². The fourth-order valence-electron chi connectivity index (χ4n) is 4.31. The van der Waals surface area contributed by atoms with Gasteiger partial charge in [0.15, 0.2) is 0 Å². The topological polar surface area (TPSA) is 84.5 Å². The second-order valence-electron chi connectivity index (χ2n) is 7.85. The number of fused-ring (bicyclic) bond motifs is 1. The van der Waals surface area contributed by atoms with Crippen molar-refractivity contribution in [2.45, 2.75) is 13.0 Å². The molecule has 1 aliphatic heterocycles. The first-order chi connectivity index (χ1) is 16.6. The lowest BCUT2D eigenvalue weighted by Gasteiger charge is -2.26. The first-order valence-corrected chi connectivity index (χ1v) is 11.0. The van der Waals surface area contributed by atoms with E-state index in [1.165, 1.54) is 0 Å². The number of benzene rings is 3. The van der Waals surface area contributed by atoms with E-state index in [-0.39, 0.29) is 11.9 Å². The van der Waals surface area contributed by atoms with Gasteiger partial charge in [-0.05, 0) is 61.0 Å². The van der Waals surface area contributed by atoms with Gasteiger partial charge in [-0.3, -0.25) is 14.8 Å². The van der Waals surface area contributed by atoms with E-state index in [4.69, 9.17) is 9.47 Å². The molecular weight excluding hydrogens is 430 g/mol. The van der Waals surface area contributed by atoms with Crippen molar-refractivity contribution in [2.24, 2.45) is 0 Å². The van der Waals surface area contributed by atoms with Crippen LogP contribution in [0.2, 0.25) is 0 Å². The van der Waals surface area contributed by atoms with Gasteiger partial charge >= 0.3 is 5.97 Å². The highest BCUT2D eigenvalue weighted by molar-refractivity contribution is 6.12. The number of nitrogens with zero attached hydrogens (tertiary/aromatic N) is 2. The molecule has 0 bridgehead atoms. The van der Waals surface area contributed by atoms with Crippen molar-refractivity contribution in [3.63, 3.8) is 0 Å². The van der Waals surface area contributed by atoms with E-state index in [2.05, 4.69) is 10.2 Å². The largest absolute Gasteiger partial charge is 0.497 e. The molecule has 0 unspecified atom stereocenters. The lowest BCUT2D eigenvalue weighted by molar-refractivity contribution is 0.0526. The van der Waals surface area contributed by atoms with E-state index < -0.39 is 5.97 Å². The number of aromatic nitrogens is 2. The number of esters is 1. The summed E-state index contributed by atoms with van der Waals surface area (Å²) in [6.45, 7) is 2.07. The molecule has 2 heterocycles. The molecule has 5 rings (SSSR count). The van der Waals surface area contributed by atoms with Gasteiger partial charge in [0.05, 0.1) is 31.0 Å². The van der Waals surface area contributed by atoms with Crippen LogP contribution in [0.3, 0.4) is 0 Å². The van der Waals surface area contributed by atoms with Crippen LogP contribution in [0.25, 0.3) is 11.3 Å². The number of carbonyl (C=O) groups is 2. The van der Waals surface area contributed by atoms with Crippen LogP contribution in [-0.4, -0.2) is 35.8 Å². The third-order valence-electron chi connectivity index (χ3n) is 5.90. The van der Waals surface area contributed by atoms with Gasteiger partial charge in [-0.2, -0.15) is 5.10 Å². The zero-order valence-corrected chi connectivity index (χ0v) is 18.8. The zero-order chi connectivity index (χ0) is 23.7. The SMILES string of the molecule is CCOC(=O)c1ccc(N2C(=O)c3[nH]nc(-c4ccc(OC)cc4)c3[C@@H]2c2ccccc2)cc1. The van der Waals surface area contributed by atoms with Crippen molar-refractivity contribution in [3.8, 4) is 17.0 Å². The molecule has 0 spiro atoms. The maximum atomic E-state index is 13.6. The molecule has 3 aromatic carbocycles. The minimum atomic E-state index is -0.391. The maximum absolute atomic E-state index is 13.6. The number of rotatable bonds is 6. The molecule has 0 radical (unpaired) electrons. The number of hydrogen-bond acceptors (Lipinski definition) is 5. The summed E-state index contributed by atoms with van der Waals surface area (Å²) in [4.78, 5) is 27.4. The van der Waals surface area contributed by atoms with Gasteiger partial charge in [0.25, 0.3) is 5.91 Å². The summed E-state index contributed by atoms with van der Waals surface area (Å²) in [5.41, 5.74) is 4.94. The zero-order valence-electron chi connectivity index (χ0n) is 18.8. The first-order valence-electron chi connectivity index (χ1n) is 11.0. The predicted molar refractivity (Wildman–Crippen MR) is 128 cm³/mol. The van der Waals surface area contributed by atoms with E-state index in [9.17, 15) is 9.59 Å². The van der Waals surface area contributed by atoms with Gasteiger partial charge < -0.3 is 9.47 Å². The molecule has 1 N–H and O–H groups in total. The molecule has 0 saturated carbocycles. The molecule has 0 fully saturated rings. The van der Waals surface area contributed by atoms with E-state index in [0.29, 0.717) is 29.2 Å². The van der Waals surface area contributed by atoms with Crippen molar-refractivity contribution >= 4 is 17.6 Å². The van der Waals surface area contributed by atoms with Gasteiger partial charge in [-0.1, -0.05) is 30.3 Å². The normalized spacial score (nSPS) is 14.7. The second kappa shape index (κ2) is 8.86. The molecular formula is C27H23N3O4. The van der Waals surface area contributed by atoms with Crippen LogP contribution in [0.5, 0.6) is 5.75 Å². The third kappa shape index (κ3) is 3.61. The van der Waals surface area contributed by atoms with Gasteiger partial charge in [0, 0.05) is 16.8 Å². The maximum Gasteiger partial charge on any atom is 0.338 e. The average molecular weight is 453 g/mol. The van der Waals surface area contributed by atoms with Gasteiger partial charge in [0.2, 0.25) is 0 Å². The summed E-state index contributed by atoms with van der Waals surface area (Å²) in [5, 5.41) is 7.46. The van der Waals surface area contributed by atoms with Crippen LogP contribution in [0, 0.1) is 0 Å². The fourth-order valence-corrected chi connectivity index (χ4v) is 4.31. The minimum absolute atomic E-state index is 0.181. The molecule has 7 nitrogen and oxygen atoms in total. The highest BCUT2D eigenvalue weighted by atomic mass is 16.5. The van der Waals surface area contributed by atoms with E-state index in [1.54, 1.807) is 43.2 Å². The number of methoxy groups -OCH3 is 1. The van der Waals surface area contributed by atoms with E-state index >= 15 is 0 Å². The first kappa shape index (κ1) is 21.5. The fraction of sp³-hybridized carbons (Fsp3) is 0.148. The van der Waals surface area contributed by atoms with Crippen molar-refractivity contribution in [2.75, 3.05) is 18.6 Å². The van der Waals surface area contributed by atoms with E-state index in [0.717, 1.165) is 22.4 Å². The lowest BCUT2D eigenvalue weighted by Crippen LogP contribution is -2.29. The van der Waals surface area contributed by atoms with Crippen LogP contribution in [0.4, 0.5) is 5.69 Å². The summed E-state index contributed by atoms with van der Waals surface area (Å²) >= 11 is 0. The number of aromatic amines is 1. The number of nitrogens with one attached hydrogen (secondary N) is 1. The molecule has 1 atom stereocenters. The van der Waals surface area contributed by atoms with E-state index in [1.807, 2.05) is 54.6 Å². The van der Waals surface area contributed by atoms with Gasteiger partial charge in [-0.25, -0.2) is 4.79 Å².